The van der Waals surface area contributed by atoms with Crippen LogP contribution in [0.2, 0.25) is 0 Å². The fourth-order valence-corrected chi connectivity index (χ4v) is 2.22. The van der Waals surface area contributed by atoms with Crippen LogP contribution in [0.15, 0.2) is 33.9 Å². The van der Waals surface area contributed by atoms with E-state index in [2.05, 4.69) is 10.2 Å². The first-order chi connectivity index (χ1) is 10.0. The highest BCUT2D eigenvalue weighted by Gasteiger charge is 2.11. The Morgan fingerprint density at radius 3 is 2.90 bits per heavy atom. The summed E-state index contributed by atoms with van der Waals surface area (Å²) in [6, 6.07) is 7.72. The summed E-state index contributed by atoms with van der Waals surface area (Å²) in [5, 5.41) is 8.13. The van der Waals surface area contributed by atoms with Gasteiger partial charge in [0.05, 0.1) is 5.75 Å². The predicted molar refractivity (Wildman–Crippen MR) is 79.2 cm³/mol. The van der Waals surface area contributed by atoms with E-state index in [1.165, 1.54) is 16.7 Å². The van der Waals surface area contributed by atoms with Crippen LogP contribution in [0.5, 0.6) is 5.75 Å². The zero-order valence-corrected chi connectivity index (χ0v) is 13.0. The number of hydrogen-bond acceptors (Lipinski definition) is 6. The number of ether oxygens (including phenoxy) is 1. The van der Waals surface area contributed by atoms with Crippen molar-refractivity contribution in [1.29, 1.82) is 0 Å². The summed E-state index contributed by atoms with van der Waals surface area (Å²) < 4.78 is 11.0. The van der Waals surface area contributed by atoms with E-state index in [1.54, 1.807) is 14.1 Å². The Hall–Kier alpha value is -2.02. The molecule has 0 saturated heterocycles. The molecule has 0 saturated carbocycles. The minimum absolute atomic E-state index is 0.00393. The van der Waals surface area contributed by atoms with Crippen molar-refractivity contribution in [2.45, 2.75) is 18.8 Å². The van der Waals surface area contributed by atoms with Crippen LogP contribution in [0, 0.1) is 6.92 Å². The van der Waals surface area contributed by atoms with Crippen LogP contribution >= 0.6 is 11.8 Å². The standard InChI is InChI=1S/C14H17N3O3S/c1-10-5-4-6-11(7-10)19-8-12-15-16-14(20-12)21-9-13(18)17(2)3/h4-7H,8-9H2,1-3H3. The molecule has 2 rings (SSSR count). The van der Waals surface area contributed by atoms with E-state index in [0.29, 0.717) is 11.1 Å². The van der Waals surface area contributed by atoms with Crippen LogP contribution in [-0.2, 0) is 11.4 Å². The van der Waals surface area contributed by atoms with Gasteiger partial charge in [-0.05, 0) is 24.6 Å². The molecule has 0 atom stereocenters. The lowest BCUT2D eigenvalue weighted by Gasteiger charge is -2.07. The molecular weight excluding hydrogens is 290 g/mol. The smallest absolute Gasteiger partial charge is 0.277 e. The van der Waals surface area contributed by atoms with E-state index in [0.717, 1.165) is 11.3 Å². The minimum Gasteiger partial charge on any atom is -0.484 e. The SMILES string of the molecule is Cc1cccc(OCc2nnc(SCC(=O)N(C)C)o2)c1. The molecular formula is C14H17N3O3S. The third kappa shape index (κ3) is 4.78. The van der Waals surface area contributed by atoms with Gasteiger partial charge in [0.2, 0.25) is 5.91 Å². The second-order valence-corrected chi connectivity index (χ2v) is 5.57. The molecule has 0 spiro atoms. The van der Waals surface area contributed by atoms with E-state index in [9.17, 15) is 4.79 Å². The Kier molecular flexibility index (Phi) is 5.21. The molecule has 0 fully saturated rings. The predicted octanol–water partition coefficient (Wildman–Crippen LogP) is 2.14. The zero-order valence-electron chi connectivity index (χ0n) is 12.2. The lowest BCUT2D eigenvalue weighted by Crippen LogP contribution is -2.23. The van der Waals surface area contributed by atoms with Gasteiger partial charge in [0, 0.05) is 14.1 Å². The summed E-state index contributed by atoms with van der Waals surface area (Å²) in [6.45, 7) is 2.20. The molecule has 7 heteroatoms. The van der Waals surface area contributed by atoms with Gasteiger partial charge in [-0.2, -0.15) is 0 Å². The van der Waals surface area contributed by atoms with Gasteiger partial charge in [-0.15, -0.1) is 10.2 Å². The Morgan fingerprint density at radius 1 is 1.38 bits per heavy atom. The van der Waals surface area contributed by atoms with Crippen molar-refractivity contribution >= 4 is 17.7 Å². The van der Waals surface area contributed by atoms with Gasteiger partial charge in [-0.25, -0.2) is 0 Å². The maximum absolute atomic E-state index is 11.5. The number of hydrogen-bond donors (Lipinski definition) is 0. The Labute approximate surface area is 127 Å². The molecule has 1 amide bonds. The van der Waals surface area contributed by atoms with Gasteiger partial charge >= 0.3 is 0 Å². The number of nitrogens with zero attached hydrogens (tertiary/aromatic N) is 3. The van der Waals surface area contributed by atoms with Crippen molar-refractivity contribution in [3.05, 3.63) is 35.7 Å². The lowest BCUT2D eigenvalue weighted by molar-refractivity contribution is -0.125. The van der Waals surface area contributed by atoms with Crippen LogP contribution < -0.4 is 4.74 Å². The summed E-state index contributed by atoms with van der Waals surface area (Å²) in [7, 11) is 3.41. The second-order valence-electron chi connectivity index (χ2n) is 4.64. The van der Waals surface area contributed by atoms with Crippen molar-refractivity contribution in [3.8, 4) is 5.75 Å². The van der Waals surface area contributed by atoms with Crippen LogP contribution in [0.4, 0.5) is 0 Å². The van der Waals surface area contributed by atoms with Crippen LogP contribution in [0.3, 0.4) is 0 Å². The Bertz CT molecular complexity index is 613. The van der Waals surface area contributed by atoms with Crippen LogP contribution in [0.1, 0.15) is 11.5 Å². The maximum atomic E-state index is 11.5. The molecule has 1 heterocycles. The number of amides is 1. The monoisotopic (exact) mass is 307 g/mol. The highest BCUT2D eigenvalue weighted by atomic mass is 32.2. The number of carbonyl (C=O) groups is 1. The van der Waals surface area contributed by atoms with Crippen molar-refractivity contribution in [3.63, 3.8) is 0 Å². The van der Waals surface area contributed by atoms with Gasteiger partial charge in [0.25, 0.3) is 11.1 Å². The van der Waals surface area contributed by atoms with Crippen molar-refractivity contribution in [1.82, 2.24) is 15.1 Å². The number of benzene rings is 1. The Morgan fingerprint density at radius 2 is 2.19 bits per heavy atom. The largest absolute Gasteiger partial charge is 0.484 e. The quantitative estimate of drug-likeness (QED) is 0.762. The normalized spacial score (nSPS) is 10.4. The molecule has 0 radical (unpaired) electrons. The van der Waals surface area contributed by atoms with Crippen LogP contribution in [-0.4, -0.2) is 40.9 Å². The maximum Gasteiger partial charge on any atom is 0.277 e. The molecule has 21 heavy (non-hydrogen) atoms. The van der Waals surface area contributed by atoms with E-state index in [1.807, 2.05) is 31.2 Å². The van der Waals surface area contributed by atoms with Gasteiger partial charge in [-0.3, -0.25) is 4.79 Å². The first kappa shape index (κ1) is 15.4. The fraction of sp³-hybridized carbons (Fsp3) is 0.357. The first-order valence-electron chi connectivity index (χ1n) is 6.39. The molecule has 1 aromatic heterocycles. The number of aryl methyl sites for hydroxylation is 1. The van der Waals surface area contributed by atoms with E-state index in [4.69, 9.17) is 9.15 Å². The van der Waals surface area contributed by atoms with Gasteiger partial charge in [-0.1, -0.05) is 23.9 Å². The number of thioether (sulfide) groups is 1. The third-order valence-electron chi connectivity index (χ3n) is 2.62. The highest BCUT2D eigenvalue weighted by molar-refractivity contribution is 7.99. The Balaban J connectivity index is 1.84. The summed E-state index contributed by atoms with van der Waals surface area (Å²) in [5.41, 5.74) is 1.12. The molecule has 1 aromatic carbocycles. The van der Waals surface area contributed by atoms with Crippen molar-refractivity contribution < 1.29 is 13.9 Å². The lowest BCUT2D eigenvalue weighted by atomic mass is 10.2. The molecule has 2 aromatic rings. The summed E-state index contributed by atoms with van der Waals surface area (Å²) in [5.74, 6) is 1.41. The van der Waals surface area contributed by atoms with Gasteiger partial charge < -0.3 is 14.1 Å². The number of aromatic nitrogens is 2. The van der Waals surface area contributed by atoms with Crippen molar-refractivity contribution in [2.24, 2.45) is 0 Å². The molecule has 0 aliphatic heterocycles. The van der Waals surface area contributed by atoms with Gasteiger partial charge in [0.15, 0.2) is 6.61 Å². The average molecular weight is 307 g/mol. The summed E-state index contributed by atoms with van der Waals surface area (Å²) >= 11 is 1.21. The minimum atomic E-state index is -0.00393. The topological polar surface area (TPSA) is 68.5 Å². The van der Waals surface area contributed by atoms with E-state index < -0.39 is 0 Å². The third-order valence-corrected chi connectivity index (χ3v) is 3.42. The molecule has 0 aliphatic rings. The number of carbonyl (C=O) groups excluding carboxylic acids is 1. The van der Waals surface area contributed by atoms with E-state index >= 15 is 0 Å². The zero-order chi connectivity index (χ0) is 15.2. The van der Waals surface area contributed by atoms with E-state index in [-0.39, 0.29) is 18.3 Å². The second kappa shape index (κ2) is 7.12. The highest BCUT2D eigenvalue weighted by Crippen LogP contribution is 2.18. The first-order valence-corrected chi connectivity index (χ1v) is 7.38. The van der Waals surface area contributed by atoms with Crippen LogP contribution in [0.25, 0.3) is 0 Å². The molecule has 0 unspecified atom stereocenters. The molecule has 0 aliphatic carbocycles. The van der Waals surface area contributed by atoms with Gasteiger partial charge in [0.1, 0.15) is 5.75 Å². The number of rotatable bonds is 6. The molecule has 112 valence electrons. The summed E-state index contributed by atoms with van der Waals surface area (Å²) in [4.78, 5) is 13.0. The van der Waals surface area contributed by atoms with Crippen molar-refractivity contribution in [2.75, 3.05) is 19.8 Å². The average Bonchev–Trinajstić information content (AvgIpc) is 2.90. The molecule has 0 N–H and O–H groups in total. The fourth-order valence-electron chi connectivity index (χ4n) is 1.46. The molecule has 0 bridgehead atoms. The molecule has 6 nitrogen and oxygen atoms in total. The summed E-state index contributed by atoms with van der Waals surface area (Å²) in [6.07, 6.45) is 0.